The highest BCUT2D eigenvalue weighted by molar-refractivity contribution is 7.16. The second-order valence-electron chi connectivity index (χ2n) is 4.30. The molecule has 0 aliphatic heterocycles. The second kappa shape index (κ2) is 5.76. The molecule has 118 valence electrons. The zero-order valence-corrected chi connectivity index (χ0v) is 11.9. The summed E-state index contributed by atoms with van der Waals surface area (Å²) in [4.78, 5) is 16.3. The van der Waals surface area contributed by atoms with Crippen LogP contribution in [0.3, 0.4) is 0 Å². The number of halogens is 3. The third-order valence-corrected chi connectivity index (χ3v) is 3.71. The van der Waals surface area contributed by atoms with Gasteiger partial charge in [0.1, 0.15) is 4.88 Å². The van der Waals surface area contributed by atoms with Crippen molar-refractivity contribution in [2.24, 2.45) is 0 Å². The first kappa shape index (κ1) is 15.1. The fourth-order valence-electron chi connectivity index (χ4n) is 1.70. The zero-order valence-electron chi connectivity index (χ0n) is 11.1. The topological polar surface area (TPSA) is 96.5 Å². The molecule has 3 aromatic rings. The number of nitrogens with zero attached hydrogens (tertiary/aromatic N) is 4. The lowest BCUT2D eigenvalue weighted by Gasteiger charge is -2.09. The van der Waals surface area contributed by atoms with Gasteiger partial charge >= 0.3 is 6.18 Å². The zero-order chi connectivity index (χ0) is 16.4. The molecule has 7 nitrogen and oxygen atoms in total. The number of hydrogen-bond acceptors (Lipinski definition) is 6. The number of nitrogens with one attached hydrogen (secondary N) is 2. The number of aromatic nitrogens is 5. The maximum absolute atomic E-state index is 12.6. The first-order valence-corrected chi connectivity index (χ1v) is 6.93. The van der Waals surface area contributed by atoms with Crippen molar-refractivity contribution in [2.75, 3.05) is 5.32 Å². The van der Waals surface area contributed by atoms with Gasteiger partial charge < -0.3 is 5.32 Å². The third kappa shape index (κ3) is 3.34. The van der Waals surface area contributed by atoms with E-state index < -0.39 is 17.6 Å². The highest BCUT2D eigenvalue weighted by atomic mass is 32.1. The Morgan fingerprint density at radius 2 is 2.13 bits per heavy atom. The largest absolute Gasteiger partial charge is 0.416 e. The molecule has 0 aliphatic rings. The van der Waals surface area contributed by atoms with Crippen LogP contribution in [0.1, 0.15) is 15.2 Å². The lowest BCUT2D eigenvalue weighted by Crippen LogP contribution is -2.11. The van der Waals surface area contributed by atoms with Crippen molar-refractivity contribution in [3.05, 3.63) is 40.9 Å². The highest BCUT2D eigenvalue weighted by Crippen LogP contribution is 2.31. The van der Waals surface area contributed by atoms with Crippen LogP contribution < -0.4 is 5.32 Å². The Kier molecular flexibility index (Phi) is 3.78. The van der Waals surface area contributed by atoms with Crippen molar-refractivity contribution in [1.29, 1.82) is 0 Å². The van der Waals surface area contributed by atoms with Gasteiger partial charge in [-0.15, -0.1) is 21.5 Å². The smallest absolute Gasteiger partial charge is 0.321 e. The molecule has 2 N–H and O–H groups in total. The minimum absolute atomic E-state index is 0.0411. The summed E-state index contributed by atoms with van der Waals surface area (Å²) in [5.74, 6) is -0.343. The van der Waals surface area contributed by atoms with Crippen molar-refractivity contribution in [2.45, 2.75) is 6.18 Å². The van der Waals surface area contributed by atoms with Gasteiger partial charge in [-0.25, -0.2) is 4.98 Å². The van der Waals surface area contributed by atoms with Gasteiger partial charge in [-0.1, -0.05) is 6.07 Å². The van der Waals surface area contributed by atoms with Crippen molar-refractivity contribution >= 4 is 22.9 Å². The summed E-state index contributed by atoms with van der Waals surface area (Å²) >= 11 is 0.997. The van der Waals surface area contributed by atoms with Crippen LogP contribution in [-0.4, -0.2) is 31.5 Å². The minimum Gasteiger partial charge on any atom is -0.321 e. The van der Waals surface area contributed by atoms with E-state index in [1.54, 1.807) is 0 Å². The van der Waals surface area contributed by atoms with Crippen LogP contribution in [0.4, 0.5) is 18.9 Å². The molecule has 0 atom stereocenters. The number of rotatable bonds is 3. The average Bonchev–Trinajstić information content (AvgIpc) is 3.18. The standard InChI is InChI=1S/C12H7F3N6OS/c13-12(14,15)6-2-1-3-7(4-6)17-10(22)8-5-16-11(23-8)9-18-20-21-19-9/h1-5H,(H,17,22)(H,18,19,20,21). The van der Waals surface area contributed by atoms with Crippen LogP contribution in [0.2, 0.25) is 0 Å². The molecule has 0 bridgehead atoms. The van der Waals surface area contributed by atoms with E-state index >= 15 is 0 Å². The number of thiazole rings is 1. The molecule has 2 aromatic heterocycles. The number of benzene rings is 1. The number of carbonyl (C=O) groups is 1. The van der Waals surface area contributed by atoms with Crippen LogP contribution in [-0.2, 0) is 6.18 Å². The summed E-state index contributed by atoms with van der Waals surface area (Å²) in [7, 11) is 0. The Balaban J connectivity index is 1.77. The number of hydrogen-bond donors (Lipinski definition) is 2. The second-order valence-corrected chi connectivity index (χ2v) is 5.33. The van der Waals surface area contributed by atoms with E-state index in [-0.39, 0.29) is 16.4 Å². The fraction of sp³-hybridized carbons (Fsp3) is 0.0833. The Hall–Kier alpha value is -2.82. The molecular weight excluding hydrogens is 333 g/mol. The molecule has 0 spiro atoms. The molecule has 1 amide bonds. The van der Waals surface area contributed by atoms with Crippen LogP contribution in [0.5, 0.6) is 0 Å². The summed E-state index contributed by atoms with van der Waals surface area (Å²) in [5, 5.41) is 15.8. The predicted octanol–water partition coefficient (Wildman–Crippen LogP) is 2.59. The number of tetrazole rings is 1. The number of H-pyrrole nitrogens is 1. The number of aromatic amines is 1. The van der Waals surface area contributed by atoms with Crippen molar-refractivity contribution < 1.29 is 18.0 Å². The van der Waals surface area contributed by atoms with E-state index in [9.17, 15) is 18.0 Å². The van der Waals surface area contributed by atoms with Crippen LogP contribution in [0.15, 0.2) is 30.5 Å². The van der Waals surface area contributed by atoms with E-state index in [0.717, 1.165) is 23.5 Å². The molecule has 0 unspecified atom stereocenters. The van der Waals surface area contributed by atoms with E-state index in [2.05, 4.69) is 30.9 Å². The normalized spacial score (nSPS) is 11.4. The molecule has 0 radical (unpaired) electrons. The molecule has 1 aromatic carbocycles. The summed E-state index contributed by atoms with van der Waals surface area (Å²) in [6, 6.07) is 4.37. The first-order chi connectivity index (χ1) is 10.9. The number of carbonyl (C=O) groups excluding carboxylic acids is 1. The summed E-state index contributed by atoms with van der Waals surface area (Å²) in [6.07, 6.45) is -3.18. The van der Waals surface area contributed by atoms with Gasteiger partial charge in [-0.2, -0.15) is 18.4 Å². The predicted molar refractivity (Wildman–Crippen MR) is 74.7 cm³/mol. The molecule has 0 saturated heterocycles. The molecule has 0 fully saturated rings. The monoisotopic (exact) mass is 340 g/mol. The molecule has 3 rings (SSSR count). The van der Waals surface area contributed by atoms with E-state index in [4.69, 9.17) is 0 Å². The highest BCUT2D eigenvalue weighted by Gasteiger charge is 2.30. The molecular formula is C12H7F3N6OS. The summed E-state index contributed by atoms with van der Waals surface area (Å²) < 4.78 is 37.9. The lowest BCUT2D eigenvalue weighted by molar-refractivity contribution is -0.137. The SMILES string of the molecule is O=C(Nc1cccc(C(F)(F)F)c1)c1cnc(-c2nn[nH]n2)s1. The van der Waals surface area contributed by atoms with Gasteiger partial charge in [0, 0.05) is 5.69 Å². The molecule has 0 saturated carbocycles. The van der Waals surface area contributed by atoms with Gasteiger partial charge in [0.25, 0.3) is 5.91 Å². The Morgan fingerprint density at radius 1 is 1.30 bits per heavy atom. The maximum Gasteiger partial charge on any atom is 0.416 e. The van der Waals surface area contributed by atoms with Gasteiger partial charge in [0.05, 0.1) is 11.8 Å². The summed E-state index contributed by atoms with van der Waals surface area (Å²) in [5.41, 5.74) is -0.800. The molecule has 11 heteroatoms. The maximum atomic E-state index is 12.6. The Morgan fingerprint density at radius 3 is 2.83 bits per heavy atom. The van der Waals surface area contributed by atoms with Crippen LogP contribution >= 0.6 is 11.3 Å². The quantitative estimate of drug-likeness (QED) is 0.764. The van der Waals surface area contributed by atoms with Crippen LogP contribution in [0, 0.1) is 0 Å². The van der Waals surface area contributed by atoms with E-state index in [0.29, 0.717) is 5.01 Å². The first-order valence-electron chi connectivity index (χ1n) is 6.12. The van der Waals surface area contributed by atoms with Crippen molar-refractivity contribution in [3.8, 4) is 10.8 Å². The molecule has 2 heterocycles. The van der Waals surface area contributed by atoms with Crippen molar-refractivity contribution in [1.82, 2.24) is 25.6 Å². The number of anilines is 1. The van der Waals surface area contributed by atoms with Gasteiger partial charge in [-0.05, 0) is 23.4 Å². The summed E-state index contributed by atoms with van der Waals surface area (Å²) in [6.45, 7) is 0. The third-order valence-electron chi connectivity index (χ3n) is 2.71. The van der Waals surface area contributed by atoms with E-state index in [1.165, 1.54) is 18.3 Å². The Labute approximate surface area is 130 Å². The van der Waals surface area contributed by atoms with Crippen molar-refractivity contribution in [3.63, 3.8) is 0 Å². The number of amides is 1. The molecule has 23 heavy (non-hydrogen) atoms. The van der Waals surface area contributed by atoms with Gasteiger partial charge in [-0.3, -0.25) is 4.79 Å². The van der Waals surface area contributed by atoms with E-state index in [1.807, 2.05) is 0 Å². The lowest BCUT2D eigenvalue weighted by atomic mass is 10.2. The molecule has 0 aliphatic carbocycles. The fourth-order valence-corrected chi connectivity index (χ4v) is 2.44. The van der Waals surface area contributed by atoms with Gasteiger partial charge in [0.15, 0.2) is 5.01 Å². The number of alkyl halides is 3. The minimum atomic E-state index is -4.48. The average molecular weight is 340 g/mol. The van der Waals surface area contributed by atoms with Crippen LogP contribution in [0.25, 0.3) is 10.8 Å². The Bertz CT molecular complexity index is 829. The van der Waals surface area contributed by atoms with Gasteiger partial charge in [0.2, 0.25) is 5.82 Å².